The van der Waals surface area contributed by atoms with E-state index in [0.29, 0.717) is 6.42 Å². The fourth-order valence-electron chi connectivity index (χ4n) is 9.52. The van der Waals surface area contributed by atoms with Crippen molar-refractivity contribution in [3.05, 3.63) is 109 Å². The zero-order valence-electron chi connectivity index (χ0n) is 44.3. The fraction of sp³-hybridized carbons (Fsp3) is 0.632. The van der Waals surface area contributed by atoms with E-state index in [9.17, 15) is 70.6 Å². The van der Waals surface area contributed by atoms with E-state index in [1.165, 1.54) is 19.1 Å². The number of nitrogens with two attached hydrogens (primary N) is 1. The molecule has 19 heteroatoms. The van der Waals surface area contributed by atoms with Crippen molar-refractivity contribution in [3.8, 4) is 0 Å². The Bertz CT molecular complexity index is 2020. The lowest BCUT2D eigenvalue weighted by Crippen LogP contribution is -2.61. The monoisotopic (exact) mass is 1070 g/mol. The van der Waals surface area contributed by atoms with Gasteiger partial charge < -0.3 is 80.9 Å². The van der Waals surface area contributed by atoms with Gasteiger partial charge in [0.2, 0.25) is 0 Å². The molecule has 3 aliphatic rings. The number of cyclic esters (lactones) is 1. The van der Waals surface area contributed by atoms with Gasteiger partial charge in [-0.1, -0.05) is 117 Å². The van der Waals surface area contributed by atoms with Gasteiger partial charge in [0.15, 0.2) is 17.9 Å². The molecule has 3 rings (SSSR count). The summed E-state index contributed by atoms with van der Waals surface area (Å²) in [5.41, 5.74) is 6.05. The summed E-state index contributed by atoms with van der Waals surface area (Å²) in [5.74, 6) is -6.75. The Balaban J connectivity index is 1.85. The molecule has 0 spiro atoms. The normalized spacial score (nSPS) is 36.8. The number of aliphatic carboxylic acids is 1. The molecule has 0 amide bonds. The third-order valence-electron chi connectivity index (χ3n) is 13.6. The highest BCUT2D eigenvalue weighted by molar-refractivity contribution is 5.90. The maximum Gasteiger partial charge on any atom is 0.311 e. The molecule has 0 radical (unpaired) electrons. The van der Waals surface area contributed by atoms with E-state index in [1.54, 1.807) is 85.1 Å². The minimum absolute atomic E-state index is 0.0553. The molecule has 3 heterocycles. The first-order chi connectivity index (χ1) is 36.0. The second kappa shape index (κ2) is 34.6. The van der Waals surface area contributed by atoms with Gasteiger partial charge in [-0.05, 0) is 77.2 Å². The van der Waals surface area contributed by atoms with Crippen LogP contribution in [0.25, 0.3) is 0 Å². The number of fused-ring (bicyclic) bond motifs is 2. The highest BCUT2D eigenvalue weighted by Gasteiger charge is 2.51. The molecule has 0 saturated carbocycles. The van der Waals surface area contributed by atoms with Crippen LogP contribution < -0.4 is 5.73 Å². The molecule has 2 bridgehead atoms. The highest BCUT2D eigenvalue weighted by atomic mass is 16.7. The Kier molecular flexibility index (Phi) is 30.0. The Morgan fingerprint density at radius 3 is 1.92 bits per heavy atom. The Morgan fingerprint density at radius 2 is 1.33 bits per heavy atom. The number of ether oxygens (including phenoxy) is 4. The average molecular weight is 1070 g/mol. The molecule has 19 atom stereocenters. The second-order valence-corrected chi connectivity index (χ2v) is 20.5. The van der Waals surface area contributed by atoms with Crippen LogP contribution in [0.15, 0.2) is 109 Å². The number of allylic oxidation sites excluding steroid dienone is 16. The van der Waals surface area contributed by atoms with Crippen molar-refractivity contribution in [1.82, 2.24) is 0 Å². The van der Waals surface area contributed by atoms with Crippen molar-refractivity contribution < 1.29 is 89.5 Å². The van der Waals surface area contributed by atoms with Gasteiger partial charge in [-0.3, -0.25) is 14.4 Å². The van der Waals surface area contributed by atoms with E-state index in [2.05, 4.69) is 0 Å². The van der Waals surface area contributed by atoms with Gasteiger partial charge in [-0.15, -0.1) is 0 Å². The first-order valence-electron chi connectivity index (χ1n) is 26.5. The van der Waals surface area contributed by atoms with Crippen LogP contribution >= 0.6 is 0 Å². The molecule has 0 aromatic carbocycles. The number of rotatable bonds is 11. The van der Waals surface area contributed by atoms with Crippen molar-refractivity contribution >= 4 is 17.7 Å². The lowest BCUT2D eigenvalue weighted by atomic mass is 9.82. The number of carboxylic acid groups (broad SMARTS) is 1. The van der Waals surface area contributed by atoms with Gasteiger partial charge in [0.05, 0.1) is 79.6 Å². The SMILES string of the molecule is CC=CC=CC(=O)CC(O)CCC(C)C1OC(=O)CC(O)CC(O)CCCC(O)CC(O)CC(O)CC2(O)CC(O)C(C(=O)O)C(CC(OC3OC(C)C(O)C(N)C3O)C=CC=CC=CC=CC=CC=CC=CC1C)O2. The largest absolute Gasteiger partial charge is 0.481 e. The molecule has 76 heavy (non-hydrogen) atoms. The highest BCUT2D eigenvalue weighted by Crippen LogP contribution is 2.38. The molecule has 428 valence electrons. The number of aliphatic hydroxyl groups is 10. The zero-order chi connectivity index (χ0) is 56.4. The summed E-state index contributed by atoms with van der Waals surface area (Å²) in [5, 5.41) is 119. The van der Waals surface area contributed by atoms with E-state index >= 15 is 0 Å². The van der Waals surface area contributed by atoms with Gasteiger partial charge in [-0.25, -0.2) is 0 Å². The average Bonchev–Trinajstić information content (AvgIpc) is 3.32. The number of carboxylic acids is 1. The summed E-state index contributed by atoms with van der Waals surface area (Å²) in [6, 6.07) is -1.15. The molecule has 13 N–H and O–H groups in total. The number of aliphatic hydroxyl groups excluding tert-OH is 9. The molecule has 19 nitrogen and oxygen atoms in total. The van der Waals surface area contributed by atoms with E-state index < -0.39 is 135 Å². The third-order valence-corrected chi connectivity index (χ3v) is 13.6. The zero-order valence-corrected chi connectivity index (χ0v) is 44.3. The van der Waals surface area contributed by atoms with Gasteiger partial charge in [0.25, 0.3) is 0 Å². The van der Waals surface area contributed by atoms with Crippen molar-refractivity contribution in [2.75, 3.05) is 0 Å². The molecule has 0 aliphatic carbocycles. The molecule has 0 aromatic heterocycles. The topological polar surface area (TPSA) is 337 Å². The van der Waals surface area contributed by atoms with E-state index in [-0.39, 0.29) is 75.4 Å². The maximum absolute atomic E-state index is 13.3. The van der Waals surface area contributed by atoms with Gasteiger partial charge in [-0.2, -0.15) is 0 Å². The van der Waals surface area contributed by atoms with Crippen LogP contribution in [0, 0.1) is 17.8 Å². The van der Waals surface area contributed by atoms with Crippen LogP contribution in [0.1, 0.15) is 111 Å². The summed E-state index contributed by atoms with van der Waals surface area (Å²) in [7, 11) is 0. The molecule has 2 fully saturated rings. The van der Waals surface area contributed by atoms with Crippen molar-refractivity contribution in [2.24, 2.45) is 23.5 Å². The molecule has 3 aliphatic heterocycles. The van der Waals surface area contributed by atoms with E-state index in [1.807, 2.05) is 32.9 Å². The number of ketones is 1. The number of esters is 1. The lowest BCUT2D eigenvalue weighted by Gasteiger charge is -2.45. The maximum atomic E-state index is 13.3. The molecule has 19 unspecified atom stereocenters. The van der Waals surface area contributed by atoms with Crippen LogP contribution in [-0.4, -0.2) is 171 Å². The fourth-order valence-corrected chi connectivity index (χ4v) is 9.52. The molecular formula is C57H87NO18. The van der Waals surface area contributed by atoms with Crippen LogP contribution in [0.2, 0.25) is 0 Å². The Labute approximate surface area is 447 Å². The molecular weight excluding hydrogens is 987 g/mol. The number of hydrogen-bond acceptors (Lipinski definition) is 18. The summed E-state index contributed by atoms with van der Waals surface area (Å²) < 4.78 is 23.7. The van der Waals surface area contributed by atoms with Crippen molar-refractivity contribution in [2.45, 2.75) is 209 Å². The van der Waals surface area contributed by atoms with E-state index in [4.69, 9.17) is 24.7 Å². The lowest BCUT2D eigenvalue weighted by molar-refractivity contribution is -0.308. The number of carbonyl (C=O) groups excluding carboxylic acids is 2. The third kappa shape index (κ3) is 24.6. The van der Waals surface area contributed by atoms with Crippen LogP contribution in [0.5, 0.6) is 0 Å². The first kappa shape index (κ1) is 66.0. The molecule has 2 saturated heterocycles. The minimum Gasteiger partial charge on any atom is -0.481 e. The molecule has 0 aromatic rings. The standard InChI is InChI=1S/C57H87NO18/c1-5-6-17-22-39(59)28-42(62)27-26-37(3)54-36(2)21-18-15-13-11-9-7-8-10-12-14-16-19-25-46(74-56-53(69)51(58)52(68)38(4)73-56)33-48-50(55(70)71)47(66)35-57(72,76-48)34-45(65)31-43(63)29-40(60)23-20-24-41(61)30-44(64)32-49(67)75-54/h5-19,21-22,25,36-38,40-48,50-54,56,60-66,68-69,72H,20,23-24,26-35,58H2,1-4H3,(H,70,71). The van der Waals surface area contributed by atoms with Crippen LogP contribution in [0.4, 0.5) is 0 Å². The number of hydrogen-bond donors (Lipinski definition) is 12. The van der Waals surface area contributed by atoms with Crippen molar-refractivity contribution in [3.63, 3.8) is 0 Å². The summed E-state index contributed by atoms with van der Waals surface area (Å²) >= 11 is 0. The quantitative estimate of drug-likeness (QED) is 0.0802. The summed E-state index contributed by atoms with van der Waals surface area (Å²) in [4.78, 5) is 38.1. The van der Waals surface area contributed by atoms with Gasteiger partial charge in [0, 0.05) is 31.6 Å². The smallest absolute Gasteiger partial charge is 0.311 e. The Morgan fingerprint density at radius 1 is 0.763 bits per heavy atom. The summed E-state index contributed by atoms with van der Waals surface area (Å²) in [6.45, 7) is 7.13. The van der Waals surface area contributed by atoms with Crippen molar-refractivity contribution in [1.29, 1.82) is 0 Å². The van der Waals surface area contributed by atoms with Gasteiger partial charge in [0.1, 0.15) is 18.1 Å². The van der Waals surface area contributed by atoms with Crippen LogP contribution in [0.3, 0.4) is 0 Å². The predicted octanol–water partition coefficient (Wildman–Crippen LogP) is 3.34. The van der Waals surface area contributed by atoms with E-state index in [0.717, 1.165) is 0 Å². The minimum atomic E-state index is -2.28. The Hall–Kier alpha value is -4.29. The van der Waals surface area contributed by atoms with Crippen LogP contribution in [-0.2, 0) is 33.3 Å². The summed E-state index contributed by atoms with van der Waals surface area (Å²) in [6.07, 6.45) is 12.8. The predicted molar refractivity (Wildman–Crippen MR) is 283 cm³/mol. The van der Waals surface area contributed by atoms with Gasteiger partial charge >= 0.3 is 11.9 Å². The first-order valence-corrected chi connectivity index (χ1v) is 26.5. The second-order valence-electron chi connectivity index (χ2n) is 20.5. The number of carbonyl (C=O) groups is 3.